The van der Waals surface area contributed by atoms with E-state index in [0.717, 1.165) is 12.8 Å². The number of carbonyl (C=O) groups excluding carboxylic acids is 1. The number of anilines is 2. The highest BCUT2D eigenvalue weighted by Gasteiger charge is 2.27. The largest absolute Gasteiger partial charge is 0.322 e. The molecule has 33 heavy (non-hydrogen) atoms. The van der Waals surface area contributed by atoms with Gasteiger partial charge in [0.1, 0.15) is 0 Å². The second-order valence-corrected chi connectivity index (χ2v) is 11.2. The molecule has 2 N–H and O–H groups in total. The third-order valence-corrected chi connectivity index (χ3v) is 8.52. The second-order valence-electron chi connectivity index (χ2n) is 7.59. The van der Waals surface area contributed by atoms with Crippen LogP contribution in [0.4, 0.5) is 11.4 Å². The van der Waals surface area contributed by atoms with Crippen molar-refractivity contribution in [2.45, 2.75) is 22.6 Å². The minimum absolute atomic E-state index is 0.0708. The van der Waals surface area contributed by atoms with Crippen molar-refractivity contribution in [1.82, 2.24) is 4.31 Å². The van der Waals surface area contributed by atoms with E-state index < -0.39 is 26.0 Å². The molecule has 172 valence electrons. The molecule has 0 aromatic heterocycles. The summed E-state index contributed by atoms with van der Waals surface area (Å²) in [4.78, 5) is 13.0. The summed E-state index contributed by atoms with van der Waals surface area (Å²) in [5.41, 5.74) is 0.827. The molecule has 8 nitrogen and oxygen atoms in total. The number of nitrogens with zero attached hydrogens (tertiary/aromatic N) is 1. The van der Waals surface area contributed by atoms with Gasteiger partial charge in [-0.2, -0.15) is 4.31 Å². The first-order valence-electron chi connectivity index (χ1n) is 10.4. The molecule has 0 aliphatic carbocycles. The van der Waals surface area contributed by atoms with E-state index in [2.05, 4.69) is 10.0 Å². The predicted octanol–water partition coefficient (Wildman–Crippen LogP) is 3.52. The van der Waals surface area contributed by atoms with Gasteiger partial charge < -0.3 is 5.32 Å². The third-order valence-electron chi connectivity index (χ3n) is 5.23. The molecule has 0 spiro atoms. The molecule has 0 atom stereocenters. The van der Waals surface area contributed by atoms with Gasteiger partial charge in [-0.1, -0.05) is 30.3 Å². The monoisotopic (exact) mass is 485 g/mol. The topological polar surface area (TPSA) is 113 Å². The van der Waals surface area contributed by atoms with Crippen LogP contribution < -0.4 is 10.0 Å². The van der Waals surface area contributed by atoms with E-state index in [4.69, 9.17) is 0 Å². The molecule has 1 aliphatic heterocycles. The molecule has 1 saturated heterocycles. The normalized spacial score (nSPS) is 14.7. The van der Waals surface area contributed by atoms with Gasteiger partial charge in [0.2, 0.25) is 10.0 Å². The fourth-order valence-electron chi connectivity index (χ4n) is 3.55. The Labute approximate surface area is 193 Å². The highest BCUT2D eigenvalue weighted by atomic mass is 32.2. The number of hydrogen-bond donors (Lipinski definition) is 2. The van der Waals surface area contributed by atoms with E-state index in [1.807, 2.05) is 0 Å². The van der Waals surface area contributed by atoms with Crippen molar-refractivity contribution in [3.05, 3.63) is 84.4 Å². The van der Waals surface area contributed by atoms with Gasteiger partial charge in [0.15, 0.2) is 0 Å². The maximum atomic E-state index is 12.8. The molecule has 1 amide bonds. The zero-order valence-electron chi connectivity index (χ0n) is 17.6. The lowest BCUT2D eigenvalue weighted by Crippen LogP contribution is -2.28. The molecule has 1 aliphatic rings. The van der Waals surface area contributed by atoms with Crippen LogP contribution in [0.5, 0.6) is 0 Å². The van der Waals surface area contributed by atoms with Crippen molar-refractivity contribution in [3.8, 4) is 0 Å². The van der Waals surface area contributed by atoms with Crippen molar-refractivity contribution >= 4 is 37.3 Å². The van der Waals surface area contributed by atoms with E-state index in [9.17, 15) is 21.6 Å². The molecular weight excluding hydrogens is 462 g/mol. The molecule has 3 aromatic rings. The van der Waals surface area contributed by atoms with Gasteiger partial charge in [-0.15, -0.1) is 0 Å². The van der Waals surface area contributed by atoms with Gasteiger partial charge in [-0.25, -0.2) is 16.8 Å². The van der Waals surface area contributed by atoms with Crippen LogP contribution in [0.1, 0.15) is 23.2 Å². The Morgan fingerprint density at radius 1 is 0.727 bits per heavy atom. The molecule has 0 bridgehead atoms. The molecule has 0 unspecified atom stereocenters. The van der Waals surface area contributed by atoms with Crippen molar-refractivity contribution in [3.63, 3.8) is 0 Å². The summed E-state index contributed by atoms with van der Waals surface area (Å²) >= 11 is 0. The van der Waals surface area contributed by atoms with E-state index in [1.54, 1.807) is 36.4 Å². The third kappa shape index (κ3) is 5.24. The number of rotatable bonds is 7. The number of benzene rings is 3. The van der Waals surface area contributed by atoms with Gasteiger partial charge in [0, 0.05) is 24.3 Å². The van der Waals surface area contributed by atoms with Crippen LogP contribution in [0, 0.1) is 0 Å². The number of hydrogen-bond acceptors (Lipinski definition) is 5. The summed E-state index contributed by atoms with van der Waals surface area (Å²) in [6, 6.07) is 20.1. The highest BCUT2D eigenvalue weighted by molar-refractivity contribution is 7.92. The molecule has 4 rings (SSSR count). The van der Waals surface area contributed by atoms with Crippen molar-refractivity contribution in [2.24, 2.45) is 0 Å². The van der Waals surface area contributed by atoms with E-state index in [1.165, 1.54) is 46.8 Å². The Morgan fingerprint density at radius 3 is 2.09 bits per heavy atom. The molecule has 1 fully saturated rings. The molecule has 10 heteroatoms. The van der Waals surface area contributed by atoms with Crippen molar-refractivity contribution in [1.29, 1.82) is 0 Å². The fraction of sp³-hybridized carbons (Fsp3) is 0.174. The predicted molar refractivity (Wildman–Crippen MR) is 126 cm³/mol. The Bertz CT molecular complexity index is 1370. The summed E-state index contributed by atoms with van der Waals surface area (Å²) in [5.74, 6) is -0.503. The average molecular weight is 486 g/mol. The highest BCUT2D eigenvalue weighted by Crippen LogP contribution is 2.23. The lowest BCUT2D eigenvalue weighted by molar-refractivity contribution is 0.102. The zero-order chi connectivity index (χ0) is 23.5. The Morgan fingerprint density at radius 2 is 1.36 bits per heavy atom. The number of amides is 1. The summed E-state index contributed by atoms with van der Waals surface area (Å²) < 4.78 is 54.6. The van der Waals surface area contributed by atoms with Gasteiger partial charge in [0.25, 0.3) is 15.9 Å². The van der Waals surface area contributed by atoms with Crippen molar-refractivity contribution < 1.29 is 21.6 Å². The maximum Gasteiger partial charge on any atom is 0.261 e. The van der Waals surface area contributed by atoms with Crippen LogP contribution in [-0.4, -0.2) is 40.1 Å². The van der Waals surface area contributed by atoms with Crippen LogP contribution in [0.25, 0.3) is 0 Å². The standard InChI is InChI=1S/C23H23N3O5S2/c27-23(18-8-6-13-22(16-18)33(30,31)26-14-4-5-15-26)24-19-9-7-10-20(17-19)25-32(28,29)21-11-2-1-3-12-21/h1-3,6-13,16-17,25H,4-5,14-15H2,(H,24,27). The minimum Gasteiger partial charge on any atom is -0.322 e. The molecular formula is C23H23N3O5S2. The average Bonchev–Trinajstić information content (AvgIpc) is 3.36. The minimum atomic E-state index is -3.77. The maximum absolute atomic E-state index is 12.8. The first kappa shape index (κ1) is 23.0. The SMILES string of the molecule is O=C(Nc1cccc(NS(=O)(=O)c2ccccc2)c1)c1cccc(S(=O)(=O)N2CCCC2)c1. The number of carbonyl (C=O) groups is 1. The van der Waals surface area contributed by atoms with Gasteiger partial charge in [-0.05, 0) is 61.4 Å². The van der Waals surface area contributed by atoms with Crippen LogP contribution in [-0.2, 0) is 20.0 Å². The lowest BCUT2D eigenvalue weighted by Gasteiger charge is -2.16. The smallest absolute Gasteiger partial charge is 0.261 e. The quantitative estimate of drug-likeness (QED) is 0.532. The van der Waals surface area contributed by atoms with Gasteiger partial charge in [-0.3, -0.25) is 9.52 Å². The Balaban J connectivity index is 1.51. The van der Waals surface area contributed by atoms with E-state index in [0.29, 0.717) is 18.8 Å². The first-order valence-corrected chi connectivity index (χ1v) is 13.3. The van der Waals surface area contributed by atoms with Gasteiger partial charge >= 0.3 is 0 Å². The second kappa shape index (κ2) is 9.34. The summed E-state index contributed by atoms with van der Waals surface area (Å²) in [6.45, 7) is 0.953. The van der Waals surface area contributed by atoms with E-state index >= 15 is 0 Å². The Kier molecular flexibility index (Phi) is 6.50. The van der Waals surface area contributed by atoms with Gasteiger partial charge in [0.05, 0.1) is 15.5 Å². The summed E-state index contributed by atoms with van der Waals surface area (Å²) in [6.07, 6.45) is 1.65. The molecule has 1 heterocycles. The molecule has 3 aromatic carbocycles. The van der Waals surface area contributed by atoms with Crippen LogP contribution in [0.15, 0.2) is 88.7 Å². The first-order chi connectivity index (χ1) is 15.8. The lowest BCUT2D eigenvalue weighted by atomic mass is 10.2. The van der Waals surface area contributed by atoms with Crippen LogP contribution >= 0.6 is 0 Å². The van der Waals surface area contributed by atoms with E-state index in [-0.39, 0.29) is 21.0 Å². The zero-order valence-corrected chi connectivity index (χ0v) is 19.3. The molecule has 0 saturated carbocycles. The van der Waals surface area contributed by atoms with Crippen molar-refractivity contribution in [2.75, 3.05) is 23.1 Å². The van der Waals surface area contributed by atoms with Crippen LogP contribution in [0.3, 0.4) is 0 Å². The molecule has 0 radical (unpaired) electrons. The van der Waals surface area contributed by atoms with Crippen LogP contribution in [0.2, 0.25) is 0 Å². The Hall–Kier alpha value is -3.21. The summed E-state index contributed by atoms with van der Waals surface area (Å²) in [7, 11) is -7.42. The number of sulfonamides is 2. The summed E-state index contributed by atoms with van der Waals surface area (Å²) in [5, 5.41) is 2.69. The fourth-order valence-corrected chi connectivity index (χ4v) is 6.19. The number of nitrogens with one attached hydrogen (secondary N) is 2.